The summed E-state index contributed by atoms with van der Waals surface area (Å²) in [7, 11) is 0. The van der Waals surface area contributed by atoms with Crippen LogP contribution < -0.4 is 5.32 Å². The second-order valence-corrected chi connectivity index (χ2v) is 5.26. The molecule has 0 radical (unpaired) electrons. The first-order valence-corrected chi connectivity index (χ1v) is 6.19. The largest absolute Gasteiger partial charge is 0.378 e. The van der Waals surface area contributed by atoms with Crippen LogP contribution >= 0.6 is 0 Å². The molecule has 0 aromatic carbocycles. The fourth-order valence-electron chi connectivity index (χ4n) is 3.16. The molecule has 0 amide bonds. The van der Waals surface area contributed by atoms with Gasteiger partial charge in [0.25, 0.3) is 0 Å². The number of aliphatic hydroxyl groups is 1. The molecule has 0 aromatic heterocycles. The molecule has 0 spiro atoms. The van der Waals surface area contributed by atoms with E-state index in [0.29, 0.717) is 5.92 Å². The maximum Gasteiger partial charge on any atom is 0.108 e. The predicted octanol–water partition coefficient (Wildman–Crippen LogP) is 2.13. The molecule has 1 aliphatic heterocycles. The zero-order chi connectivity index (χ0) is 9.97. The summed E-state index contributed by atoms with van der Waals surface area (Å²) >= 11 is 0. The first-order valence-electron chi connectivity index (χ1n) is 6.19. The SMILES string of the molecule is CC1CNC(O)C(C2CCCCC2)C1. The normalized spacial score (nSPS) is 41.1. The van der Waals surface area contributed by atoms with E-state index in [1.807, 2.05) is 0 Å². The van der Waals surface area contributed by atoms with Gasteiger partial charge >= 0.3 is 0 Å². The average Bonchev–Trinajstić information content (AvgIpc) is 2.23. The fraction of sp³-hybridized carbons (Fsp3) is 1.00. The van der Waals surface area contributed by atoms with Crippen LogP contribution in [-0.4, -0.2) is 17.9 Å². The molecule has 1 heterocycles. The highest BCUT2D eigenvalue weighted by molar-refractivity contribution is 4.83. The molecule has 1 aliphatic carbocycles. The number of nitrogens with one attached hydrogen (secondary N) is 1. The minimum atomic E-state index is -0.228. The Bertz CT molecular complexity index is 177. The van der Waals surface area contributed by atoms with Crippen molar-refractivity contribution in [3.63, 3.8) is 0 Å². The molecule has 2 heteroatoms. The van der Waals surface area contributed by atoms with Crippen LogP contribution in [0.5, 0.6) is 0 Å². The third-order valence-corrected chi connectivity index (χ3v) is 4.01. The molecule has 3 atom stereocenters. The highest BCUT2D eigenvalue weighted by Crippen LogP contribution is 2.36. The van der Waals surface area contributed by atoms with E-state index in [4.69, 9.17) is 0 Å². The van der Waals surface area contributed by atoms with E-state index in [1.165, 1.54) is 38.5 Å². The summed E-state index contributed by atoms with van der Waals surface area (Å²) in [5.41, 5.74) is 0. The molecule has 2 fully saturated rings. The summed E-state index contributed by atoms with van der Waals surface area (Å²) in [6.45, 7) is 3.28. The molecule has 3 unspecified atom stereocenters. The van der Waals surface area contributed by atoms with Crippen LogP contribution in [0, 0.1) is 17.8 Å². The van der Waals surface area contributed by atoms with Gasteiger partial charge in [-0.05, 0) is 18.3 Å². The summed E-state index contributed by atoms with van der Waals surface area (Å²) in [5.74, 6) is 2.05. The Morgan fingerprint density at radius 2 is 1.86 bits per heavy atom. The molecule has 2 aliphatic rings. The monoisotopic (exact) mass is 197 g/mol. The number of hydrogen-bond donors (Lipinski definition) is 2. The first-order chi connectivity index (χ1) is 6.77. The van der Waals surface area contributed by atoms with Gasteiger partial charge in [-0.3, -0.25) is 5.32 Å². The Morgan fingerprint density at radius 1 is 1.14 bits per heavy atom. The van der Waals surface area contributed by atoms with E-state index >= 15 is 0 Å². The van der Waals surface area contributed by atoms with Crippen molar-refractivity contribution in [1.82, 2.24) is 5.32 Å². The van der Waals surface area contributed by atoms with Crippen molar-refractivity contribution in [1.29, 1.82) is 0 Å². The van der Waals surface area contributed by atoms with Gasteiger partial charge in [0.2, 0.25) is 0 Å². The summed E-state index contributed by atoms with van der Waals surface area (Å²) in [6.07, 6.45) is 7.84. The van der Waals surface area contributed by atoms with Gasteiger partial charge in [-0.15, -0.1) is 0 Å². The molecule has 2 rings (SSSR count). The lowest BCUT2D eigenvalue weighted by atomic mass is 9.74. The van der Waals surface area contributed by atoms with Crippen molar-refractivity contribution in [3.8, 4) is 0 Å². The third-order valence-electron chi connectivity index (χ3n) is 4.01. The van der Waals surface area contributed by atoms with Crippen LogP contribution in [0.4, 0.5) is 0 Å². The summed E-state index contributed by atoms with van der Waals surface area (Å²) in [5, 5.41) is 13.2. The quantitative estimate of drug-likeness (QED) is 0.675. The van der Waals surface area contributed by atoms with Crippen molar-refractivity contribution < 1.29 is 5.11 Å². The minimum Gasteiger partial charge on any atom is -0.378 e. The molecule has 1 saturated carbocycles. The summed E-state index contributed by atoms with van der Waals surface area (Å²) in [6, 6.07) is 0. The van der Waals surface area contributed by atoms with Gasteiger partial charge in [-0.25, -0.2) is 0 Å². The van der Waals surface area contributed by atoms with E-state index < -0.39 is 0 Å². The number of hydrogen-bond acceptors (Lipinski definition) is 2. The minimum absolute atomic E-state index is 0.228. The Morgan fingerprint density at radius 3 is 2.57 bits per heavy atom. The molecule has 0 bridgehead atoms. The van der Waals surface area contributed by atoms with Gasteiger partial charge in [-0.2, -0.15) is 0 Å². The molecule has 0 aromatic rings. The Hall–Kier alpha value is -0.0800. The number of rotatable bonds is 1. The fourth-order valence-corrected chi connectivity index (χ4v) is 3.16. The molecule has 2 nitrogen and oxygen atoms in total. The van der Waals surface area contributed by atoms with Gasteiger partial charge in [0, 0.05) is 12.5 Å². The lowest BCUT2D eigenvalue weighted by Gasteiger charge is -2.39. The van der Waals surface area contributed by atoms with Crippen molar-refractivity contribution in [2.75, 3.05) is 6.54 Å². The van der Waals surface area contributed by atoms with Gasteiger partial charge in [0.15, 0.2) is 0 Å². The standard InChI is InChI=1S/C12H23NO/c1-9-7-11(12(14)13-8-9)10-5-3-2-4-6-10/h9-14H,2-8H2,1H3. The van der Waals surface area contributed by atoms with Crippen LogP contribution in [0.3, 0.4) is 0 Å². The van der Waals surface area contributed by atoms with Crippen LogP contribution in [0.2, 0.25) is 0 Å². The third kappa shape index (κ3) is 2.29. The predicted molar refractivity (Wildman–Crippen MR) is 57.9 cm³/mol. The zero-order valence-corrected chi connectivity index (χ0v) is 9.21. The zero-order valence-electron chi connectivity index (χ0n) is 9.21. The molecular formula is C12H23NO. The van der Waals surface area contributed by atoms with Crippen molar-refractivity contribution in [2.24, 2.45) is 17.8 Å². The Labute approximate surface area is 87.1 Å². The van der Waals surface area contributed by atoms with Crippen molar-refractivity contribution in [3.05, 3.63) is 0 Å². The maximum absolute atomic E-state index is 9.93. The smallest absolute Gasteiger partial charge is 0.108 e. The van der Waals surface area contributed by atoms with Crippen LogP contribution in [-0.2, 0) is 0 Å². The maximum atomic E-state index is 9.93. The van der Waals surface area contributed by atoms with E-state index in [9.17, 15) is 5.11 Å². The summed E-state index contributed by atoms with van der Waals surface area (Å²) < 4.78 is 0. The van der Waals surface area contributed by atoms with E-state index in [0.717, 1.165) is 18.4 Å². The Balaban J connectivity index is 1.92. The average molecular weight is 197 g/mol. The van der Waals surface area contributed by atoms with Crippen molar-refractivity contribution >= 4 is 0 Å². The first kappa shape index (κ1) is 10.4. The molecular weight excluding hydrogens is 174 g/mol. The van der Waals surface area contributed by atoms with E-state index in [2.05, 4.69) is 12.2 Å². The molecule has 2 N–H and O–H groups in total. The molecule has 14 heavy (non-hydrogen) atoms. The highest BCUT2D eigenvalue weighted by atomic mass is 16.3. The van der Waals surface area contributed by atoms with Crippen molar-refractivity contribution in [2.45, 2.75) is 51.7 Å². The lowest BCUT2D eigenvalue weighted by Crippen LogP contribution is -2.47. The van der Waals surface area contributed by atoms with E-state index in [1.54, 1.807) is 0 Å². The Kier molecular flexibility index (Phi) is 3.45. The lowest BCUT2D eigenvalue weighted by molar-refractivity contribution is -0.00534. The van der Waals surface area contributed by atoms with Gasteiger partial charge in [0.05, 0.1) is 0 Å². The topological polar surface area (TPSA) is 32.3 Å². The molecule has 1 saturated heterocycles. The van der Waals surface area contributed by atoms with Crippen LogP contribution in [0.25, 0.3) is 0 Å². The van der Waals surface area contributed by atoms with Crippen LogP contribution in [0.1, 0.15) is 45.4 Å². The second kappa shape index (κ2) is 4.63. The van der Waals surface area contributed by atoms with Crippen LogP contribution in [0.15, 0.2) is 0 Å². The highest BCUT2D eigenvalue weighted by Gasteiger charge is 2.33. The van der Waals surface area contributed by atoms with Gasteiger partial charge < -0.3 is 5.11 Å². The second-order valence-electron chi connectivity index (χ2n) is 5.26. The van der Waals surface area contributed by atoms with Gasteiger partial charge in [0.1, 0.15) is 6.23 Å². The number of piperidine rings is 1. The molecule has 82 valence electrons. The summed E-state index contributed by atoms with van der Waals surface area (Å²) in [4.78, 5) is 0. The van der Waals surface area contributed by atoms with E-state index in [-0.39, 0.29) is 6.23 Å². The van der Waals surface area contributed by atoms with Gasteiger partial charge in [-0.1, -0.05) is 39.0 Å². The number of aliphatic hydroxyl groups excluding tert-OH is 1.